The number of aliphatic hydroxyl groups is 1. The zero-order chi connectivity index (χ0) is 12.4. The number of nitrogens with zero attached hydrogens (tertiary/aromatic N) is 1. The summed E-state index contributed by atoms with van der Waals surface area (Å²) >= 11 is 6.09. The number of halogens is 1. The van der Waals surface area contributed by atoms with Crippen molar-refractivity contribution in [1.29, 1.82) is 0 Å². The molecule has 1 aliphatic rings. The number of carbonyl (C=O) groups is 1. The normalized spacial score (nSPS) is 16.2. The van der Waals surface area contributed by atoms with Gasteiger partial charge in [0.1, 0.15) is 0 Å². The van der Waals surface area contributed by atoms with Gasteiger partial charge in [-0.3, -0.25) is 0 Å². The average Bonchev–Trinajstić information content (AvgIpc) is 2.30. The van der Waals surface area contributed by atoms with Crippen molar-refractivity contribution in [2.45, 2.75) is 18.9 Å². The molecule has 4 nitrogen and oxygen atoms in total. The topological polar surface area (TPSA) is 60.8 Å². The van der Waals surface area contributed by atoms with E-state index in [0.29, 0.717) is 25.9 Å². The summed E-state index contributed by atoms with van der Waals surface area (Å²) < 4.78 is 0. The van der Waals surface area contributed by atoms with Crippen LogP contribution in [0.3, 0.4) is 0 Å². The molecule has 0 aromatic heterocycles. The fraction of sp³-hybridized carbons (Fsp3) is 0.417. The largest absolute Gasteiger partial charge is 1.00 e. The van der Waals surface area contributed by atoms with Crippen molar-refractivity contribution in [3.05, 3.63) is 28.8 Å². The van der Waals surface area contributed by atoms with E-state index in [2.05, 4.69) is 0 Å². The first-order valence-electron chi connectivity index (χ1n) is 5.54. The van der Waals surface area contributed by atoms with E-state index in [0.717, 1.165) is 5.69 Å². The van der Waals surface area contributed by atoms with E-state index in [1.165, 1.54) is 6.07 Å². The van der Waals surface area contributed by atoms with E-state index in [4.69, 9.17) is 16.7 Å². The van der Waals surface area contributed by atoms with E-state index >= 15 is 0 Å². The third-order valence-electron chi connectivity index (χ3n) is 3.01. The van der Waals surface area contributed by atoms with Gasteiger partial charge < -0.3 is 16.5 Å². The minimum atomic E-state index is -1.02. The summed E-state index contributed by atoms with van der Waals surface area (Å²) in [5.41, 5.74) is 0.855. The Balaban J connectivity index is 0.00000162. The quantitative estimate of drug-likeness (QED) is 0.680. The minimum Gasteiger partial charge on any atom is -1.00 e. The molecule has 1 heterocycles. The molecule has 0 spiro atoms. The Morgan fingerprint density at radius 3 is 2.56 bits per heavy atom. The Morgan fingerprint density at radius 2 is 2.00 bits per heavy atom. The first kappa shape index (κ1) is 15.4. The third-order valence-corrected chi connectivity index (χ3v) is 3.41. The number of anilines is 1. The molecular formula is C12H15ClLiNO3. The monoisotopic (exact) mass is 263 g/mol. The van der Waals surface area contributed by atoms with E-state index in [1.54, 1.807) is 6.07 Å². The number of hydrogen-bond donors (Lipinski definition) is 2. The minimum absolute atomic E-state index is 0. The van der Waals surface area contributed by atoms with Crippen LogP contribution >= 0.6 is 11.6 Å². The van der Waals surface area contributed by atoms with Crippen LogP contribution < -0.4 is 23.8 Å². The zero-order valence-corrected chi connectivity index (χ0v) is 11.0. The Morgan fingerprint density at radius 1 is 1.39 bits per heavy atom. The molecule has 1 saturated heterocycles. The van der Waals surface area contributed by atoms with Crippen LogP contribution in [-0.4, -0.2) is 35.4 Å². The molecule has 0 bridgehead atoms. The van der Waals surface area contributed by atoms with Crippen LogP contribution in [0.4, 0.5) is 5.69 Å². The predicted molar refractivity (Wildman–Crippen MR) is 67.0 cm³/mol. The van der Waals surface area contributed by atoms with Gasteiger partial charge in [-0.25, -0.2) is 4.79 Å². The van der Waals surface area contributed by atoms with E-state index < -0.39 is 5.97 Å². The smallest absolute Gasteiger partial charge is 1.00 e. The second kappa shape index (κ2) is 6.49. The molecule has 1 aromatic carbocycles. The number of rotatable bonds is 2. The molecule has 0 unspecified atom stereocenters. The van der Waals surface area contributed by atoms with Gasteiger partial charge in [0, 0.05) is 13.1 Å². The van der Waals surface area contributed by atoms with Crippen molar-refractivity contribution in [3.63, 3.8) is 0 Å². The van der Waals surface area contributed by atoms with Crippen molar-refractivity contribution in [3.8, 4) is 0 Å². The van der Waals surface area contributed by atoms with Gasteiger partial charge >= 0.3 is 24.8 Å². The van der Waals surface area contributed by atoms with Gasteiger partial charge in [-0.05, 0) is 25.0 Å². The third kappa shape index (κ3) is 3.21. The van der Waals surface area contributed by atoms with Crippen LogP contribution in [0.15, 0.2) is 18.2 Å². The first-order chi connectivity index (χ1) is 8.09. The maximum Gasteiger partial charge on any atom is 1.00 e. The van der Waals surface area contributed by atoms with Gasteiger partial charge in [0.2, 0.25) is 0 Å². The number of piperidine rings is 1. The number of hydrogen-bond acceptors (Lipinski definition) is 3. The molecule has 0 aliphatic carbocycles. The van der Waals surface area contributed by atoms with Crippen LogP contribution in [0, 0.1) is 0 Å². The first-order valence-corrected chi connectivity index (χ1v) is 5.92. The number of carboxylic acids is 1. The van der Waals surface area contributed by atoms with E-state index in [1.807, 2.05) is 11.0 Å². The van der Waals surface area contributed by atoms with Crippen molar-refractivity contribution in [1.82, 2.24) is 0 Å². The summed E-state index contributed by atoms with van der Waals surface area (Å²) in [5, 5.41) is 18.7. The SMILES string of the molecule is O=C(O)c1cccc(N2CCC(O)CC2)c1Cl.[H-].[Li+]. The maximum atomic E-state index is 11.0. The van der Waals surface area contributed by atoms with Crippen molar-refractivity contribution < 1.29 is 35.3 Å². The predicted octanol–water partition coefficient (Wildman–Crippen LogP) is -0.884. The van der Waals surface area contributed by atoms with Gasteiger partial charge in [0.05, 0.1) is 22.4 Å². The second-order valence-electron chi connectivity index (χ2n) is 4.16. The molecule has 1 aliphatic heterocycles. The molecule has 0 radical (unpaired) electrons. The summed E-state index contributed by atoms with van der Waals surface area (Å²) in [6.45, 7) is 1.40. The Kier molecular flexibility index (Phi) is 5.55. The van der Waals surface area contributed by atoms with Gasteiger partial charge in [-0.15, -0.1) is 0 Å². The van der Waals surface area contributed by atoms with Gasteiger partial charge in [-0.1, -0.05) is 17.7 Å². The van der Waals surface area contributed by atoms with Crippen molar-refractivity contribution in [2.75, 3.05) is 18.0 Å². The molecular weight excluding hydrogens is 249 g/mol. The molecule has 18 heavy (non-hydrogen) atoms. The molecule has 0 atom stereocenters. The van der Waals surface area contributed by atoms with Crippen LogP contribution in [0.2, 0.25) is 5.02 Å². The molecule has 2 N–H and O–H groups in total. The van der Waals surface area contributed by atoms with Gasteiger partial charge in [0.15, 0.2) is 0 Å². The van der Waals surface area contributed by atoms with Crippen LogP contribution in [0.1, 0.15) is 24.6 Å². The molecule has 94 valence electrons. The maximum absolute atomic E-state index is 11.0. The van der Waals surface area contributed by atoms with Crippen LogP contribution in [0.25, 0.3) is 0 Å². The summed E-state index contributed by atoms with van der Waals surface area (Å²) in [7, 11) is 0. The molecule has 1 fully saturated rings. The summed E-state index contributed by atoms with van der Waals surface area (Å²) in [6, 6.07) is 5.00. The van der Waals surface area contributed by atoms with Crippen molar-refractivity contribution >= 4 is 23.3 Å². The molecule has 2 rings (SSSR count). The zero-order valence-electron chi connectivity index (χ0n) is 11.3. The number of benzene rings is 1. The van der Waals surface area contributed by atoms with Crippen LogP contribution in [0.5, 0.6) is 0 Å². The number of carboxylic acid groups (broad SMARTS) is 1. The summed E-state index contributed by atoms with van der Waals surface area (Å²) in [4.78, 5) is 13.0. The number of aliphatic hydroxyl groups excluding tert-OH is 1. The average molecular weight is 264 g/mol. The fourth-order valence-electron chi connectivity index (χ4n) is 2.04. The Bertz CT molecular complexity index is 439. The summed E-state index contributed by atoms with van der Waals surface area (Å²) in [5.74, 6) is -1.02. The molecule has 1 aromatic rings. The number of aromatic carboxylic acids is 1. The second-order valence-corrected chi connectivity index (χ2v) is 4.54. The molecule has 6 heteroatoms. The van der Waals surface area contributed by atoms with Crippen molar-refractivity contribution in [2.24, 2.45) is 0 Å². The Hall–Kier alpha value is -0.663. The van der Waals surface area contributed by atoms with Gasteiger partial charge in [0.25, 0.3) is 0 Å². The summed E-state index contributed by atoms with van der Waals surface area (Å²) in [6.07, 6.45) is 1.12. The van der Waals surface area contributed by atoms with E-state index in [-0.39, 0.29) is 37.0 Å². The van der Waals surface area contributed by atoms with E-state index in [9.17, 15) is 9.90 Å². The van der Waals surface area contributed by atoms with Crippen LogP contribution in [-0.2, 0) is 0 Å². The molecule has 0 amide bonds. The Labute approximate surface area is 124 Å². The molecule has 0 saturated carbocycles. The standard InChI is InChI=1S/C12H14ClNO3.Li.H/c13-11-9(12(16)17)2-1-3-10(11)14-6-4-8(15)5-7-14;;/h1-3,8,15H,4-7H2,(H,16,17);;/q;+1;-1. The fourth-order valence-corrected chi connectivity index (χ4v) is 2.36. The van der Waals surface area contributed by atoms with Gasteiger partial charge in [-0.2, -0.15) is 0 Å².